The lowest BCUT2D eigenvalue weighted by Gasteiger charge is -2.34. The van der Waals surface area contributed by atoms with Crippen molar-refractivity contribution in [3.63, 3.8) is 0 Å². The molecule has 1 fully saturated rings. The highest BCUT2D eigenvalue weighted by Crippen LogP contribution is 2.34. The molecule has 0 unspecified atom stereocenters. The minimum Gasteiger partial charge on any atom is -0.465 e. The van der Waals surface area contributed by atoms with Gasteiger partial charge in [0.05, 0.1) is 17.3 Å². The minimum absolute atomic E-state index is 0.319. The molecule has 0 saturated carbocycles. The molecular formula is C27H32BrFN2O2. The van der Waals surface area contributed by atoms with E-state index in [4.69, 9.17) is 4.74 Å². The summed E-state index contributed by atoms with van der Waals surface area (Å²) in [6.07, 6.45) is 2.94. The zero-order valence-corrected chi connectivity index (χ0v) is 21.2. The van der Waals surface area contributed by atoms with Gasteiger partial charge in [-0.15, -0.1) is 0 Å². The molecule has 176 valence electrons. The van der Waals surface area contributed by atoms with Crippen LogP contribution >= 0.6 is 15.9 Å². The zero-order chi connectivity index (χ0) is 23.6. The van der Waals surface area contributed by atoms with Crippen LogP contribution in [0, 0.1) is 5.92 Å². The van der Waals surface area contributed by atoms with Gasteiger partial charge in [-0.25, -0.2) is 9.18 Å². The molecule has 1 aliphatic heterocycles. The fourth-order valence-electron chi connectivity index (χ4n) is 4.89. The van der Waals surface area contributed by atoms with Gasteiger partial charge in [0, 0.05) is 30.4 Å². The van der Waals surface area contributed by atoms with Crippen LogP contribution in [0.4, 0.5) is 4.39 Å². The Kier molecular flexibility index (Phi) is 7.25. The summed E-state index contributed by atoms with van der Waals surface area (Å²) < 4.78 is 22.4. The van der Waals surface area contributed by atoms with Gasteiger partial charge < -0.3 is 14.2 Å². The van der Waals surface area contributed by atoms with Crippen LogP contribution in [0.2, 0.25) is 0 Å². The number of ether oxygens (including phenoxy) is 1. The number of halogens is 2. The van der Waals surface area contributed by atoms with E-state index in [0.717, 1.165) is 49.1 Å². The molecule has 4 nitrogen and oxygen atoms in total. The number of benzene rings is 2. The van der Waals surface area contributed by atoms with Gasteiger partial charge in [0.2, 0.25) is 0 Å². The van der Waals surface area contributed by atoms with Gasteiger partial charge in [-0.3, -0.25) is 0 Å². The minimum atomic E-state index is -1.14. The molecule has 1 aliphatic rings. The van der Waals surface area contributed by atoms with Crippen molar-refractivity contribution >= 4 is 32.8 Å². The molecule has 2 aromatic carbocycles. The number of para-hydroxylation sites is 1. The fourth-order valence-corrected chi connectivity index (χ4v) is 5.58. The summed E-state index contributed by atoms with van der Waals surface area (Å²) in [6.45, 7) is 6.69. The molecule has 0 N–H and O–H groups in total. The number of methoxy groups -OCH3 is 1. The van der Waals surface area contributed by atoms with Crippen molar-refractivity contribution in [2.45, 2.75) is 45.3 Å². The van der Waals surface area contributed by atoms with E-state index < -0.39 is 5.67 Å². The normalized spacial score (nSPS) is 15.8. The van der Waals surface area contributed by atoms with Crippen LogP contribution in [0.5, 0.6) is 0 Å². The molecule has 0 aliphatic carbocycles. The molecule has 2 heterocycles. The Bertz CT molecular complexity index is 1110. The number of carbonyl (C=O) groups excluding carboxylic acids is 1. The molecule has 3 aromatic rings. The lowest BCUT2D eigenvalue weighted by molar-refractivity contribution is 0.0600. The van der Waals surface area contributed by atoms with Crippen molar-refractivity contribution in [3.05, 3.63) is 69.8 Å². The Morgan fingerprint density at radius 1 is 1.12 bits per heavy atom. The number of hydrogen-bond acceptors (Lipinski definition) is 3. The van der Waals surface area contributed by atoms with Crippen molar-refractivity contribution in [2.24, 2.45) is 5.92 Å². The van der Waals surface area contributed by atoms with Crippen LogP contribution in [-0.2, 0) is 17.7 Å². The molecule has 0 radical (unpaired) electrons. The number of piperidine rings is 1. The molecule has 33 heavy (non-hydrogen) atoms. The molecule has 6 heteroatoms. The number of alkyl halides is 1. The highest BCUT2D eigenvalue weighted by atomic mass is 79.9. The summed E-state index contributed by atoms with van der Waals surface area (Å²) in [6, 6.07) is 16.2. The topological polar surface area (TPSA) is 34.5 Å². The number of fused-ring (bicyclic) bond motifs is 1. The predicted octanol–water partition coefficient (Wildman–Crippen LogP) is 6.24. The number of rotatable bonds is 7. The van der Waals surface area contributed by atoms with Crippen molar-refractivity contribution in [1.82, 2.24) is 9.47 Å². The second-order valence-corrected chi connectivity index (χ2v) is 10.5. The lowest BCUT2D eigenvalue weighted by atomic mass is 9.95. The number of aromatic nitrogens is 1. The smallest absolute Gasteiger partial charge is 0.337 e. The van der Waals surface area contributed by atoms with E-state index in [1.807, 2.05) is 24.3 Å². The molecular weight excluding hydrogens is 483 g/mol. The van der Waals surface area contributed by atoms with Gasteiger partial charge in [0.1, 0.15) is 5.67 Å². The maximum Gasteiger partial charge on any atom is 0.337 e. The number of carbonyl (C=O) groups is 1. The van der Waals surface area contributed by atoms with E-state index in [-0.39, 0.29) is 5.97 Å². The fraction of sp³-hybridized carbons (Fsp3) is 0.444. The van der Waals surface area contributed by atoms with Crippen molar-refractivity contribution in [3.8, 4) is 0 Å². The monoisotopic (exact) mass is 514 g/mol. The molecule has 0 bridgehead atoms. The van der Waals surface area contributed by atoms with Crippen LogP contribution in [0.3, 0.4) is 0 Å². The molecule has 1 saturated heterocycles. The predicted molar refractivity (Wildman–Crippen MR) is 135 cm³/mol. The van der Waals surface area contributed by atoms with Crippen LogP contribution in [-0.4, -0.2) is 47.8 Å². The van der Waals surface area contributed by atoms with Crippen LogP contribution in [0.1, 0.15) is 48.2 Å². The average Bonchev–Trinajstić information content (AvgIpc) is 3.05. The Morgan fingerprint density at radius 2 is 1.79 bits per heavy atom. The van der Waals surface area contributed by atoms with E-state index in [1.165, 1.54) is 23.6 Å². The van der Waals surface area contributed by atoms with Crippen molar-refractivity contribution in [1.29, 1.82) is 0 Å². The zero-order valence-electron chi connectivity index (χ0n) is 19.6. The summed E-state index contributed by atoms with van der Waals surface area (Å²) in [5.74, 6) is 0.253. The molecule has 1 aromatic heterocycles. The van der Waals surface area contributed by atoms with Gasteiger partial charge in [0.25, 0.3) is 0 Å². The Morgan fingerprint density at radius 3 is 2.42 bits per heavy atom. The Hall–Kier alpha value is -2.18. The number of hydrogen-bond donors (Lipinski definition) is 0. The third kappa shape index (κ3) is 5.67. The summed E-state index contributed by atoms with van der Waals surface area (Å²) in [5.41, 5.74) is 3.06. The number of likely N-dealkylation sites (tertiary alicyclic amines) is 1. The van der Waals surface area contributed by atoms with Gasteiger partial charge >= 0.3 is 5.97 Å². The van der Waals surface area contributed by atoms with Crippen molar-refractivity contribution in [2.75, 3.05) is 26.7 Å². The third-order valence-corrected chi connectivity index (χ3v) is 7.42. The van der Waals surface area contributed by atoms with Gasteiger partial charge in [-0.2, -0.15) is 0 Å². The van der Waals surface area contributed by atoms with E-state index in [1.54, 1.807) is 13.8 Å². The van der Waals surface area contributed by atoms with Crippen molar-refractivity contribution < 1.29 is 13.9 Å². The van der Waals surface area contributed by atoms with Gasteiger partial charge in [-0.05, 0) is 91.0 Å². The standard InChI is InChI=1S/C27H32BrFN2O2/c1-27(2,29)18-30-14-12-20(13-15-30)17-31-24-7-5-4-6-22(24)23(25(31)28)16-19-8-10-21(11-9-19)26(32)33-3/h4-11,20H,12-18H2,1-3H3. The first kappa shape index (κ1) is 24.0. The molecule has 4 rings (SSSR count). The quantitative estimate of drug-likeness (QED) is 0.350. The lowest BCUT2D eigenvalue weighted by Crippen LogP contribution is -2.41. The summed E-state index contributed by atoms with van der Waals surface area (Å²) in [4.78, 5) is 14.0. The van der Waals surface area contributed by atoms with Crippen LogP contribution < -0.4 is 0 Å². The maximum absolute atomic E-state index is 14.0. The molecule has 0 spiro atoms. The van der Waals surface area contributed by atoms with E-state index in [2.05, 4.69) is 49.7 Å². The van der Waals surface area contributed by atoms with E-state index >= 15 is 0 Å². The second-order valence-electron chi connectivity index (χ2n) is 9.70. The summed E-state index contributed by atoms with van der Waals surface area (Å²) in [7, 11) is 1.40. The van der Waals surface area contributed by atoms with Gasteiger partial charge in [0.15, 0.2) is 0 Å². The van der Waals surface area contributed by atoms with E-state index in [9.17, 15) is 9.18 Å². The first-order valence-corrected chi connectivity index (χ1v) is 12.4. The molecule has 0 atom stereocenters. The highest BCUT2D eigenvalue weighted by Gasteiger charge is 2.26. The summed E-state index contributed by atoms with van der Waals surface area (Å²) >= 11 is 3.91. The average molecular weight is 515 g/mol. The number of esters is 1. The Balaban J connectivity index is 1.52. The first-order valence-electron chi connectivity index (χ1n) is 11.6. The maximum atomic E-state index is 14.0. The largest absolute Gasteiger partial charge is 0.465 e. The summed E-state index contributed by atoms with van der Waals surface area (Å²) in [5, 5.41) is 1.25. The highest BCUT2D eigenvalue weighted by molar-refractivity contribution is 9.10. The Labute approximate surface area is 203 Å². The first-order chi connectivity index (χ1) is 15.7. The van der Waals surface area contributed by atoms with Gasteiger partial charge in [-0.1, -0.05) is 30.3 Å². The van der Waals surface area contributed by atoms with E-state index in [0.29, 0.717) is 18.0 Å². The SMILES string of the molecule is COC(=O)c1ccc(Cc2c(Br)n(CC3CCN(CC(C)(C)F)CC3)c3ccccc23)cc1. The second kappa shape index (κ2) is 9.98. The number of nitrogens with zero attached hydrogens (tertiary/aromatic N) is 2. The third-order valence-electron chi connectivity index (χ3n) is 6.51. The van der Waals surface area contributed by atoms with Crippen LogP contribution in [0.15, 0.2) is 53.1 Å². The van der Waals surface area contributed by atoms with Crippen LogP contribution in [0.25, 0.3) is 10.9 Å². The molecule has 0 amide bonds.